The van der Waals surface area contributed by atoms with Crippen LogP contribution in [0.3, 0.4) is 0 Å². The normalized spacial score (nSPS) is 14.2. The summed E-state index contributed by atoms with van der Waals surface area (Å²) >= 11 is 0. The standard InChI is InChI=1S/C15H22N2O2/c1-16-15(18)3-2-10-19-14-8-4-12(5-9-14)11-17-13-6-7-13/h4-5,8-9,13,17H,2-3,6-7,10-11H2,1H3,(H,16,18). The van der Waals surface area contributed by atoms with Crippen molar-refractivity contribution in [3.05, 3.63) is 29.8 Å². The van der Waals surface area contributed by atoms with Crippen LogP contribution < -0.4 is 15.4 Å². The van der Waals surface area contributed by atoms with E-state index in [1.165, 1.54) is 18.4 Å². The maximum absolute atomic E-state index is 11.0. The molecule has 4 heteroatoms. The molecule has 2 N–H and O–H groups in total. The first-order chi connectivity index (χ1) is 9.28. The molecule has 1 aromatic rings. The van der Waals surface area contributed by atoms with E-state index in [4.69, 9.17) is 4.74 Å². The van der Waals surface area contributed by atoms with Gasteiger partial charge in [0, 0.05) is 26.1 Å². The average Bonchev–Trinajstić information content (AvgIpc) is 3.26. The van der Waals surface area contributed by atoms with Crippen molar-refractivity contribution in [3.8, 4) is 5.75 Å². The van der Waals surface area contributed by atoms with E-state index in [1.54, 1.807) is 7.05 Å². The van der Waals surface area contributed by atoms with E-state index < -0.39 is 0 Å². The molecule has 1 aliphatic carbocycles. The fourth-order valence-electron chi connectivity index (χ4n) is 1.80. The quantitative estimate of drug-likeness (QED) is 0.703. The van der Waals surface area contributed by atoms with Gasteiger partial charge in [0.2, 0.25) is 5.91 Å². The Hall–Kier alpha value is -1.55. The monoisotopic (exact) mass is 262 g/mol. The number of amides is 1. The van der Waals surface area contributed by atoms with Gasteiger partial charge in [0.25, 0.3) is 0 Å². The van der Waals surface area contributed by atoms with Crippen molar-refractivity contribution in [2.75, 3.05) is 13.7 Å². The van der Waals surface area contributed by atoms with Gasteiger partial charge in [-0.3, -0.25) is 4.79 Å². The molecule has 1 amide bonds. The number of carbonyl (C=O) groups excluding carboxylic acids is 1. The molecule has 0 spiro atoms. The van der Waals surface area contributed by atoms with Crippen LogP contribution in [0.25, 0.3) is 0 Å². The molecule has 1 aromatic carbocycles. The van der Waals surface area contributed by atoms with Crippen molar-refractivity contribution in [2.24, 2.45) is 0 Å². The van der Waals surface area contributed by atoms with Crippen LogP contribution in [0.2, 0.25) is 0 Å². The van der Waals surface area contributed by atoms with Gasteiger partial charge in [-0.1, -0.05) is 12.1 Å². The first kappa shape index (κ1) is 13.9. The third-order valence-electron chi connectivity index (χ3n) is 3.19. The van der Waals surface area contributed by atoms with Crippen LogP contribution >= 0.6 is 0 Å². The van der Waals surface area contributed by atoms with Gasteiger partial charge in [-0.2, -0.15) is 0 Å². The summed E-state index contributed by atoms with van der Waals surface area (Å²) in [6.45, 7) is 1.51. The number of benzene rings is 1. The van der Waals surface area contributed by atoms with Gasteiger partial charge in [-0.25, -0.2) is 0 Å². The third kappa shape index (κ3) is 5.30. The Morgan fingerprint density at radius 3 is 2.68 bits per heavy atom. The first-order valence-corrected chi connectivity index (χ1v) is 6.93. The van der Waals surface area contributed by atoms with Crippen LogP contribution in [0.1, 0.15) is 31.2 Å². The Balaban J connectivity index is 1.64. The van der Waals surface area contributed by atoms with Crippen LogP contribution in [0.4, 0.5) is 0 Å². The zero-order chi connectivity index (χ0) is 13.5. The van der Waals surface area contributed by atoms with Crippen LogP contribution in [-0.4, -0.2) is 25.6 Å². The van der Waals surface area contributed by atoms with E-state index in [-0.39, 0.29) is 5.91 Å². The van der Waals surface area contributed by atoms with Gasteiger partial charge >= 0.3 is 0 Å². The van der Waals surface area contributed by atoms with Gasteiger partial charge in [0.05, 0.1) is 6.61 Å². The Kier molecular flexibility index (Phi) is 5.21. The lowest BCUT2D eigenvalue weighted by Gasteiger charge is -2.07. The van der Waals surface area contributed by atoms with Crippen LogP contribution in [0.15, 0.2) is 24.3 Å². The molecular weight excluding hydrogens is 240 g/mol. The molecule has 0 heterocycles. The number of carbonyl (C=O) groups is 1. The molecule has 19 heavy (non-hydrogen) atoms. The molecule has 0 atom stereocenters. The maximum atomic E-state index is 11.0. The minimum absolute atomic E-state index is 0.0603. The number of hydrogen-bond donors (Lipinski definition) is 2. The number of ether oxygens (including phenoxy) is 1. The van der Waals surface area contributed by atoms with Gasteiger partial charge in [0.15, 0.2) is 0 Å². The summed E-state index contributed by atoms with van der Waals surface area (Å²) in [5.74, 6) is 0.928. The molecule has 0 aliphatic heterocycles. The lowest BCUT2D eigenvalue weighted by atomic mass is 10.2. The molecular formula is C15H22N2O2. The highest BCUT2D eigenvalue weighted by Gasteiger charge is 2.19. The maximum Gasteiger partial charge on any atom is 0.219 e. The highest BCUT2D eigenvalue weighted by atomic mass is 16.5. The fraction of sp³-hybridized carbons (Fsp3) is 0.533. The Labute approximate surface area is 114 Å². The van der Waals surface area contributed by atoms with Crippen molar-refractivity contribution in [1.29, 1.82) is 0 Å². The molecule has 1 saturated carbocycles. The van der Waals surface area contributed by atoms with Crippen molar-refractivity contribution in [1.82, 2.24) is 10.6 Å². The molecule has 2 rings (SSSR count). The van der Waals surface area contributed by atoms with E-state index in [1.807, 2.05) is 12.1 Å². The molecule has 0 aromatic heterocycles. The summed E-state index contributed by atoms with van der Waals surface area (Å²) in [5.41, 5.74) is 1.28. The Bertz CT molecular complexity index is 399. The van der Waals surface area contributed by atoms with E-state index in [0.717, 1.165) is 24.8 Å². The number of hydrogen-bond acceptors (Lipinski definition) is 3. The van der Waals surface area contributed by atoms with Crippen molar-refractivity contribution < 1.29 is 9.53 Å². The average molecular weight is 262 g/mol. The molecule has 0 bridgehead atoms. The number of nitrogens with one attached hydrogen (secondary N) is 2. The highest BCUT2D eigenvalue weighted by molar-refractivity contribution is 5.75. The second kappa shape index (κ2) is 7.14. The van der Waals surface area contributed by atoms with Gasteiger partial charge < -0.3 is 15.4 Å². The first-order valence-electron chi connectivity index (χ1n) is 6.93. The molecule has 1 fully saturated rings. The minimum Gasteiger partial charge on any atom is -0.494 e. The summed E-state index contributed by atoms with van der Waals surface area (Å²) in [4.78, 5) is 11.0. The molecule has 4 nitrogen and oxygen atoms in total. The molecule has 0 saturated heterocycles. The molecule has 104 valence electrons. The van der Waals surface area contributed by atoms with Gasteiger partial charge in [-0.05, 0) is 37.0 Å². The second-order valence-corrected chi connectivity index (χ2v) is 4.92. The Morgan fingerprint density at radius 2 is 2.05 bits per heavy atom. The third-order valence-corrected chi connectivity index (χ3v) is 3.19. The van der Waals surface area contributed by atoms with Crippen molar-refractivity contribution in [2.45, 2.75) is 38.3 Å². The lowest BCUT2D eigenvalue weighted by Crippen LogP contribution is -2.18. The summed E-state index contributed by atoms with van der Waals surface area (Å²) in [6.07, 6.45) is 3.88. The van der Waals surface area contributed by atoms with E-state index in [2.05, 4.69) is 22.8 Å². The molecule has 1 aliphatic rings. The Morgan fingerprint density at radius 1 is 1.32 bits per heavy atom. The van der Waals surface area contributed by atoms with Crippen molar-refractivity contribution in [3.63, 3.8) is 0 Å². The van der Waals surface area contributed by atoms with E-state index in [9.17, 15) is 4.79 Å². The number of rotatable bonds is 8. The predicted octanol–water partition coefficient (Wildman–Crippen LogP) is 1.84. The largest absolute Gasteiger partial charge is 0.494 e. The topological polar surface area (TPSA) is 50.4 Å². The zero-order valence-electron chi connectivity index (χ0n) is 11.4. The fourth-order valence-corrected chi connectivity index (χ4v) is 1.80. The zero-order valence-corrected chi connectivity index (χ0v) is 11.4. The molecule has 0 unspecified atom stereocenters. The van der Waals surface area contributed by atoms with Gasteiger partial charge in [-0.15, -0.1) is 0 Å². The smallest absolute Gasteiger partial charge is 0.219 e. The summed E-state index contributed by atoms with van der Waals surface area (Å²) in [6, 6.07) is 8.89. The second-order valence-electron chi connectivity index (χ2n) is 4.92. The van der Waals surface area contributed by atoms with Crippen LogP contribution in [0.5, 0.6) is 5.75 Å². The van der Waals surface area contributed by atoms with Gasteiger partial charge in [0.1, 0.15) is 5.75 Å². The predicted molar refractivity (Wildman–Crippen MR) is 75.1 cm³/mol. The minimum atomic E-state index is 0.0603. The SMILES string of the molecule is CNC(=O)CCCOc1ccc(CNC2CC2)cc1. The summed E-state index contributed by atoms with van der Waals surface area (Å²) in [5, 5.41) is 6.08. The van der Waals surface area contributed by atoms with Crippen molar-refractivity contribution >= 4 is 5.91 Å². The summed E-state index contributed by atoms with van der Waals surface area (Å²) in [7, 11) is 1.65. The lowest BCUT2D eigenvalue weighted by molar-refractivity contribution is -0.120. The van der Waals surface area contributed by atoms with E-state index in [0.29, 0.717) is 13.0 Å². The molecule has 0 radical (unpaired) electrons. The van der Waals surface area contributed by atoms with Crippen LogP contribution in [0, 0.1) is 0 Å². The van der Waals surface area contributed by atoms with E-state index >= 15 is 0 Å². The van der Waals surface area contributed by atoms with Crippen LogP contribution in [-0.2, 0) is 11.3 Å². The summed E-state index contributed by atoms with van der Waals surface area (Å²) < 4.78 is 5.59. The highest BCUT2D eigenvalue weighted by Crippen LogP contribution is 2.20.